The summed E-state index contributed by atoms with van der Waals surface area (Å²) in [6.07, 6.45) is 2.82. The third-order valence-corrected chi connectivity index (χ3v) is 3.25. The summed E-state index contributed by atoms with van der Waals surface area (Å²) in [6.45, 7) is 0.369. The van der Waals surface area contributed by atoms with E-state index in [1.165, 1.54) is 36.4 Å². The minimum Gasteiger partial charge on any atom is -0.508 e. The molecule has 0 unspecified atom stereocenters. The summed E-state index contributed by atoms with van der Waals surface area (Å²) in [7, 11) is 0. The highest BCUT2D eigenvalue weighted by molar-refractivity contribution is 6.07. The number of carbonyl (C=O) groups is 1. The van der Waals surface area contributed by atoms with Crippen molar-refractivity contribution in [3.63, 3.8) is 0 Å². The molecular weight excluding hydrogens is 287 g/mol. The molecule has 1 aliphatic rings. The van der Waals surface area contributed by atoms with Gasteiger partial charge in [0, 0.05) is 16.7 Å². The van der Waals surface area contributed by atoms with E-state index in [-0.39, 0.29) is 24.9 Å². The maximum absolute atomic E-state index is 13.6. The molecule has 4 nitrogen and oxygen atoms in total. The molecule has 0 aliphatic carbocycles. The first-order chi connectivity index (χ1) is 10.6. The van der Waals surface area contributed by atoms with Crippen molar-refractivity contribution in [1.29, 1.82) is 0 Å². The van der Waals surface area contributed by atoms with Crippen LogP contribution in [0.2, 0.25) is 0 Å². The molecule has 0 fully saturated rings. The van der Waals surface area contributed by atoms with Gasteiger partial charge in [-0.25, -0.2) is 4.39 Å². The van der Waals surface area contributed by atoms with Crippen molar-refractivity contribution in [3.05, 3.63) is 65.0 Å². The molecule has 5 heteroatoms. The molecule has 22 heavy (non-hydrogen) atoms. The lowest BCUT2D eigenvalue weighted by Gasteiger charge is -2.19. The molecule has 0 saturated carbocycles. The number of ketones is 1. The van der Waals surface area contributed by atoms with E-state index in [0.29, 0.717) is 22.4 Å². The van der Waals surface area contributed by atoms with E-state index in [1.807, 2.05) is 0 Å². The summed E-state index contributed by atoms with van der Waals surface area (Å²) >= 11 is 0. The lowest BCUT2D eigenvalue weighted by molar-refractivity contribution is -0.0167. The summed E-state index contributed by atoms with van der Waals surface area (Å²) in [6, 6.07) is 8.69. The average molecular weight is 300 g/mol. The highest BCUT2D eigenvalue weighted by Crippen LogP contribution is 2.30. The van der Waals surface area contributed by atoms with Crippen LogP contribution in [0.25, 0.3) is 6.08 Å². The first-order valence-electron chi connectivity index (χ1n) is 6.68. The van der Waals surface area contributed by atoms with Gasteiger partial charge in [0.25, 0.3) is 0 Å². The van der Waals surface area contributed by atoms with E-state index in [2.05, 4.69) is 0 Å². The minimum atomic E-state index is -0.419. The van der Waals surface area contributed by atoms with Crippen LogP contribution < -0.4 is 4.74 Å². The summed E-state index contributed by atoms with van der Waals surface area (Å²) in [5, 5.41) is 9.38. The maximum atomic E-state index is 13.6. The zero-order valence-electron chi connectivity index (χ0n) is 11.6. The van der Waals surface area contributed by atoms with Crippen LogP contribution >= 0.6 is 0 Å². The summed E-state index contributed by atoms with van der Waals surface area (Å²) < 4.78 is 24.1. The number of benzene rings is 2. The van der Waals surface area contributed by atoms with Crippen LogP contribution in [0, 0.1) is 5.82 Å². The van der Waals surface area contributed by atoms with Crippen molar-refractivity contribution in [2.24, 2.45) is 0 Å². The van der Waals surface area contributed by atoms with Crippen LogP contribution in [0.15, 0.2) is 42.5 Å². The van der Waals surface area contributed by atoms with E-state index >= 15 is 0 Å². The molecule has 3 rings (SSSR count). The zero-order chi connectivity index (χ0) is 15.5. The fourth-order valence-electron chi connectivity index (χ4n) is 2.25. The third-order valence-electron chi connectivity index (χ3n) is 3.25. The van der Waals surface area contributed by atoms with E-state index in [9.17, 15) is 14.3 Å². The first-order valence-corrected chi connectivity index (χ1v) is 6.68. The number of hydrogen-bond acceptors (Lipinski definition) is 4. The van der Waals surface area contributed by atoms with Crippen LogP contribution in [-0.4, -0.2) is 17.7 Å². The Morgan fingerprint density at radius 1 is 1.27 bits per heavy atom. The van der Waals surface area contributed by atoms with Crippen LogP contribution in [0.1, 0.15) is 21.5 Å². The Hall–Kier alpha value is -2.66. The SMILES string of the molecule is O=C(/C=C/c1cc(F)cc2c1OCOC2)c1cccc(O)c1. The fourth-order valence-corrected chi connectivity index (χ4v) is 2.25. The van der Waals surface area contributed by atoms with Crippen LogP contribution in [0.5, 0.6) is 11.5 Å². The molecule has 1 heterocycles. The normalized spacial score (nSPS) is 13.7. The Balaban J connectivity index is 1.89. The minimum absolute atomic E-state index is 0.0165. The predicted molar refractivity (Wildman–Crippen MR) is 78.2 cm³/mol. The van der Waals surface area contributed by atoms with Gasteiger partial charge in [-0.3, -0.25) is 4.79 Å². The smallest absolute Gasteiger partial charge is 0.189 e. The molecule has 0 spiro atoms. The monoisotopic (exact) mass is 300 g/mol. The van der Waals surface area contributed by atoms with Gasteiger partial charge in [-0.15, -0.1) is 0 Å². The highest BCUT2D eigenvalue weighted by atomic mass is 19.1. The molecule has 112 valence electrons. The topological polar surface area (TPSA) is 55.8 Å². The Bertz CT molecular complexity index is 752. The second kappa shape index (κ2) is 5.99. The van der Waals surface area contributed by atoms with Gasteiger partial charge >= 0.3 is 0 Å². The standard InChI is InChI=1S/C17H13FO4/c18-14-6-12(17-13(7-14)9-21-10-22-17)4-5-16(20)11-2-1-3-15(19)8-11/h1-8,19H,9-10H2/b5-4+. The van der Waals surface area contributed by atoms with Crippen molar-refractivity contribution < 1.29 is 23.8 Å². The second-order valence-corrected chi connectivity index (χ2v) is 4.84. The van der Waals surface area contributed by atoms with E-state index in [1.54, 1.807) is 12.1 Å². The van der Waals surface area contributed by atoms with E-state index < -0.39 is 5.82 Å². The summed E-state index contributed by atoms with van der Waals surface area (Å²) in [4.78, 5) is 12.1. The van der Waals surface area contributed by atoms with Gasteiger partial charge in [0.05, 0.1) is 6.61 Å². The molecule has 0 amide bonds. The third kappa shape index (κ3) is 2.99. The number of aromatic hydroxyl groups is 1. The number of ether oxygens (including phenoxy) is 2. The van der Waals surface area contributed by atoms with Crippen molar-refractivity contribution in [2.45, 2.75) is 6.61 Å². The number of allylic oxidation sites excluding steroid dienone is 1. The van der Waals surface area contributed by atoms with Gasteiger partial charge in [0.2, 0.25) is 0 Å². The molecule has 0 atom stereocenters. The van der Waals surface area contributed by atoms with E-state index in [0.717, 1.165) is 0 Å². The van der Waals surface area contributed by atoms with Crippen LogP contribution in [0.3, 0.4) is 0 Å². The molecule has 0 saturated heterocycles. The Kier molecular flexibility index (Phi) is 3.89. The molecule has 1 aliphatic heterocycles. The van der Waals surface area contributed by atoms with Crippen molar-refractivity contribution in [1.82, 2.24) is 0 Å². The van der Waals surface area contributed by atoms with Gasteiger partial charge in [-0.1, -0.05) is 12.1 Å². The second-order valence-electron chi connectivity index (χ2n) is 4.84. The number of phenolic OH excluding ortho intramolecular Hbond substituents is 1. The largest absolute Gasteiger partial charge is 0.508 e. The Morgan fingerprint density at radius 3 is 2.95 bits per heavy atom. The molecule has 2 aromatic rings. The molecular formula is C17H13FO4. The maximum Gasteiger partial charge on any atom is 0.189 e. The number of carbonyl (C=O) groups excluding carboxylic acids is 1. The number of fused-ring (bicyclic) bond motifs is 1. The van der Waals surface area contributed by atoms with Gasteiger partial charge in [0.1, 0.15) is 17.3 Å². The molecule has 0 radical (unpaired) electrons. The molecule has 2 aromatic carbocycles. The lowest BCUT2D eigenvalue weighted by Crippen LogP contribution is -2.12. The Morgan fingerprint density at radius 2 is 2.14 bits per heavy atom. The van der Waals surface area contributed by atoms with E-state index in [4.69, 9.17) is 9.47 Å². The Labute approximate surface area is 126 Å². The lowest BCUT2D eigenvalue weighted by atomic mass is 10.1. The highest BCUT2D eigenvalue weighted by Gasteiger charge is 2.15. The number of halogens is 1. The van der Waals surface area contributed by atoms with Gasteiger partial charge < -0.3 is 14.6 Å². The van der Waals surface area contributed by atoms with Crippen molar-refractivity contribution in [3.8, 4) is 11.5 Å². The fraction of sp³-hybridized carbons (Fsp3) is 0.118. The number of rotatable bonds is 3. The summed E-state index contributed by atoms with van der Waals surface area (Å²) in [5.74, 6) is -0.172. The van der Waals surface area contributed by atoms with Gasteiger partial charge in [-0.05, 0) is 36.4 Å². The number of hydrogen-bond donors (Lipinski definition) is 1. The van der Waals surface area contributed by atoms with Crippen molar-refractivity contribution in [2.75, 3.05) is 6.79 Å². The quantitative estimate of drug-likeness (QED) is 0.698. The zero-order valence-corrected chi connectivity index (χ0v) is 11.6. The van der Waals surface area contributed by atoms with Crippen LogP contribution in [-0.2, 0) is 11.3 Å². The first kappa shape index (κ1) is 14.3. The molecule has 1 N–H and O–H groups in total. The summed E-state index contributed by atoms with van der Waals surface area (Å²) in [5.41, 5.74) is 1.44. The molecule has 0 bridgehead atoms. The number of phenols is 1. The molecule has 0 aromatic heterocycles. The van der Waals surface area contributed by atoms with Gasteiger partial charge in [0.15, 0.2) is 12.6 Å². The average Bonchev–Trinajstić information content (AvgIpc) is 2.52. The van der Waals surface area contributed by atoms with Gasteiger partial charge in [-0.2, -0.15) is 0 Å². The van der Waals surface area contributed by atoms with Crippen molar-refractivity contribution >= 4 is 11.9 Å². The van der Waals surface area contributed by atoms with Crippen LogP contribution in [0.4, 0.5) is 4.39 Å². The predicted octanol–water partition coefficient (Wildman–Crippen LogP) is 3.29.